The lowest BCUT2D eigenvalue weighted by molar-refractivity contribution is -0.137. The molecule has 0 radical (unpaired) electrons. The van der Waals surface area contributed by atoms with Gasteiger partial charge in [-0.3, -0.25) is 0 Å². The van der Waals surface area contributed by atoms with Crippen molar-refractivity contribution in [2.45, 2.75) is 31.5 Å². The van der Waals surface area contributed by atoms with Gasteiger partial charge in [0.05, 0.1) is 11.7 Å². The summed E-state index contributed by atoms with van der Waals surface area (Å²) in [5.41, 5.74) is -0.136. The van der Waals surface area contributed by atoms with E-state index in [-0.39, 0.29) is 13.0 Å². The van der Waals surface area contributed by atoms with Gasteiger partial charge in [0, 0.05) is 6.61 Å². The number of aliphatic hydroxyl groups is 2. The van der Waals surface area contributed by atoms with Crippen LogP contribution in [0.3, 0.4) is 0 Å². The average molecular weight is 248 g/mol. The lowest BCUT2D eigenvalue weighted by atomic mass is 10.0. The lowest BCUT2D eigenvalue weighted by Crippen LogP contribution is -2.10. The second-order valence-electron chi connectivity index (χ2n) is 3.90. The fourth-order valence-corrected chi connectivity index (χ4v) is 1.53. The van der Waals surface area contributed by atoms with Crippen LogP contribution in [0.15, 0.2) is 24.3 Å². The summed E-state index contributed by atoms with van der Waals surface area (Å²) >= 11 is 0. The molecule has 0 heterocycles. The molecular weight excluding hydrogens is 233 g/mol. The molecule has 2 nitrogen and oxygen atoms in total. The number of halogens is 3. The van der Waals surface area contributed by atoms with Crippen molar-refractivity contribution in [1.82, 2.24) is 0 Å². The minimum absolute atomic E-state index is 0.121. The molecule has 96 valence electrons. The smallest absolute Gasteiger partial charge is 0.396 e. The Morgan fingerprint density at radius 2 is 1.88 bits per heavy atom. The van der Waals surface area contributed by atoms with E-state index in [1.165, 1.54) is 6.07 Å². The molecule has 0 fully saturated rings. The number of aryl methyl sites for hydroxylation is 1. The van der Waals surface area contributed by atoms with Crippen LogP contribution in [-0.4, -0.2) is 22.9 Å². The van der Waals surface area contributed by atoms with E-state index in [2.05, 4.69) is 0 Å². The predicted octanol–water partition coefficient (Wildman–Crippen LogP) is 2.38. The lowest BCUT2D eigenvalue weighted by Gasteiger charge is -2.11. The van der Waals surface area contributed by atoms with E-state index in [1.54, 1.807) is 6.07 Å². The molecular formula is C12H15F3O2. The van der Waals surface area contributed by atoms with Crippen LogP contribution in [0.1, 0.15) is 24.0 Å². The first-order chi connectivity index (χ1) is 7.93. The summed E-state index contributed by atoms with van der Waals surface area (Å²) in [6, 6.07) is 5.07. The highest BCUT2D eigenvalue weighted by atomic mass is 19.4. The van der Waals surface area contributed by atoms with Crippen molar-refractivity contribution >= 4 is 0 Å². The summed E-state index contributed by atoms with van der Waals surface area (Å²) in [5.74, 6) is 0. The summed E-state index contributed by atoms with van der Waals surface area (Å²) in [6.45, 7) is -0.121. The van der Waals surface area contributed by atoms with Crippen LogP contribution >= 0.6 is 0 Å². The molecule has 0 amide bonds. The third-order valence-electron chi connectivity index (χ3n) is 2.48. The van der Waals surface area contributed by atoms with Crippen molar-refractivity contribution in [2.24, 2.45) is 0 Å². The second kappa shape index (κ2) is 6.02. The topological polar surface area (TPSA) is 40.5 Å². The van der Waals surface area contributed by atoms with Crippen molar-refractivity contribution < 1.29 is 23.4 Å². The molecule has 5 heteroatoms. The zero-order valence-corrected chi connectivity index (χ0v) is 9.24. The molecule has 0 aliphatic heterocycles. The fourth-order valence-electron chi connectivity index (χ4n) is 1.53. The molecule has 0 spiro atoms. The van der Waals surface area contributed by atoms with E-state index < -0.39 is 17.8 Å². The minimum atomic E-state index is -4.33. The zero-order valence-electron chi connectivity index (χ0n) is 9.24. The molecule has 0 aromatic heterocycles. The van der Waals surface area contributed by atoms with Gasteiger partial charge in [-0.05, 0) is 30.9 Å². The summed E-state index contributed by atoms with van der Waals surface area (Å²) in [6.07, 6.45) is -4.04. The Balaban J connectivity index is 2.60. The van der Waals surface area contributed by atoms with Crippen molar-refractivity contribution in [1.29, 1.82) is 0 Å². The van der Waals surface area contributed by atoms with Gasteiger partial charge in [-0.1, -0.05) is 18.2 Å². The summed E-state index contributed by atoms with van der Waals surface area (Å²) in [7, 11) is 0. The molecule has 1 aromatic rings. The first-order valence-electron chi connectivity index (χ1n) is 5.38. The highest BCUT2D eigenvalue weighted by Crippen LogP contribution is 2.29. The van der Waals surface area contributed by atoms with Crippen LogP contribution in [0.5, 0.6) is 0 Å². The quantitative estimate of drug-likeness (QED) is 0.840. The third kappa shape index (κ3) is 4.75. The van der Waals surface area contributed by atoms with Gasteiger partial charge in [-0.25, -0.2) is 0 Å². The van der Waals surface area contributed by atoms with E-state index in [1.807, 2.05) is 0 Å². The Kier molecular flexibility index (Phi) is 4.96. The van der Waals surface area contributed by atoms with Gasteiger partial charge in [-0.15, -0.1) is 0 Å². The normalized spacial score (nSPS) is 13.7. The number of hydrogen-bond acceptors (Lipinski definition) is 2. The molecule has 0 saturated carbocycles. The van der Waals surface area contributed by atoms with Crippen LogP contribution in [0, 0.1) is 0 Å². The average Bonchev–Trinajstić information content (AvgIpc) is 2.26. The predicted molar refractivity (Wildman–Crippen MR) is 57.5 cm³/mol. The molecule has 17 heavy (non-hydrogen) atoms. The van der Waals surface area contributed by atoms with Crippen molar-refractivity contribution in [3.05, 3.63) is 35.4 Å². The monoisotopic (exact) mass is 248 g/mol. The molecule has 0 bridgehead atoms. The maximum Gasteiger partial charge on any atom is 0.416 e. The molecule has 0 unspecified atom stereocenters. The standard InChI is InChI=1S/C12H15F3O2/c13-12(14,15)10-3-1-2-9(8-10)4-5-11(17)6-7-16/h1-3,8,11,16-17H,4-7H2/t11-/m0/s1. The Bertz CT molecular complexity index is 350. The van der Waals surface area contributed by atoms with Gasteiger partial charge in [-0.2, -0.15) is 13.2 Å². The highest BCUT2D eigenvalue weighted by Gasteiger charge is 2.30. The Labute approximate surface area is 97.7 Å². The first-order valence-corrected chi connectivity index (χ1v) is 5.38. The molecule has 1 atom stereocenters. The zero-order chi connectivity index (χ0) is 12.9. The van der Waals surface area contributed by atoms with Gasteiger partial charge in [0.2, 0.25) is 0 Å². The molecule has 0 saturated heterocycles. The SMILES string of the molecule is OCC[C@@H](O)CCc1cccc(C(F)(F)F)c1. The van der Waals surface area contributed by atoms with Crippen molar-refractivity contribution in [3.8, 4) is 0 Å². The molecule has 1 rings (SSSR count). The Morgan fingerprint density at radius 1 is 1.18 bits per heavy atom. The number of aliphatic hydroxyl groups excluding tert-OH is 2. The van der Waals surface area contributed by atoms with E-state index in [0.717, 1.165) is 12.1 Å². The van der Waals surface area contributed by atoms with E-state index in [4.69, 9.17) is 5.11 Å². The number of alkyl halides is 3. The maximum absolute atomic E-state index is 12.4. The third-order valence-corrected chi connectivity index (χ3v) is 2.48. The van der Waals surface area contributed by atoms with Gasteiger partial charge >= 0.3 is 6.18 Å². The number of rotatable bonds is 5. The summed E-state index contributed by atoms with van der Waals surface area (Å²) < 4.78 is 37.2. The Morgan fingerprint density at radius 3 is 2.47 bits per heavy atom. The largest absolute Gasteiger partial charge is 0.416 e. The van der Waals surface area contributed by atoms with Gasteiger partial charge in [0.25, 0.3) is 0 Å². The van der Waals surface area contributed by atoms with E-state index in [9.17, 15) is 18.3 Å². The van der Waals surface area contributed by atoms with Gasteiger partial charge in [0.1, 0.15) is 0 Å². The molecule has 0 aliphatic rings. The number of benzene rings is 1. The van der Waals surface area contributed by atoms with Gasteiger partial charge in [0.15, 0.2) is 0 Å². The van der Waals surface area contributed by atoms with E-state index in [0.29, 0.717) is 18.4 Å². The maximum atomic E-state index is 12.4. The fraction of sp³-hybridized carbons (Fsp3) is 0.500. The number of hydrogen-bond donors (Lipinski definition) is 2. The summed E-state index contributed by atoms with van der Waals surface area (Å²) in [4.78, 5) is 0. The summed E-state index contributed by atoms with van der Waals surface area (Å²) in [5, 5.41) is 17.9. The molecule has 1 aromatic carbocycles. The van der Waals surface area contributed by atoms with Crippen molar-refractivity contribution in [2.75, 3.05) is 6.61 Å². The van der Waals surface area contributed by atoms with E-state index >= 15 is 0 Å². The highest BCUT2D eigenvalue weighted by molar-refractivity contribution is 5.25. The molecule has 0 aliphatic carbocycles. The van der Waals surface area contributed by atoms with Crippen LogP contribution in [-0.2, 0) is 12.6 Å². The van der Waals surface area contributed by atoms with Gasteiger partial charge < -0.3 is 10.2 Å². The van der Waals surface area contributed by atoms with Crippen molar-refractivity contribution in [3.63, 3.8) is 0 Å². The van der Waals surface area contributed by atoms with Crippen LogP contribution in [0.25, 0.3) is 0 Å². The minimum Gasteiger partial charge on any atom is -0.396 e. The second-order valence-corrected chi connectivity index (χ2v) is 3.90. The Hall–Kier alpha value is -1.07. The van der Waals surface area contributed by atoms with Crippen LogP contribution < -0.4 is 0 Å². The van der Waals surface area contributed by atoms with Crippen LogP contribution in [0.2, 0.25) is 0 Å². The van der Waals surface area contributed by atoms with Crippen LogP contribution in [0.4, 0.5) is 13.2 Å². The first kappa shape index (κ1) is 14.0. The molecule has 2 N–H and O–H groups in total.